The number of imide groups is 1. The Morgan fingerprint density at radius 1 is 1.04 bits per heavy atom. The lowest BCUT2D eigenvalue weighted by molar-refractivity contribution is -0.130. The van der Waals surface area contributed by atoms with Crippen LogP contribution in [0.15, 0.2) is 42.5 Å². The second-order valence-electron chi connectivity index (χ2n) is 7.88. The highest BCUT2D eigenvalue weighted by atomic mass is 16.5. The summed E-state index contributed by atoms with van der Waals surface area (Å²) in [6.07, 6.45) is 8.39. The van der Waals surface area contributed by atoms with Gasteiger partial charge in [0.05, 0.1) is 30.7 Å². The first kappa shape index (κ1) is 17.4. The van der Waals surface area contributed by atoms with Crippen LogP contribution in [0, 0.1) is 23.7 Å². The Bertz CT molecular complexity index is 870. The number of carbonyl (C=O) groups excluding carboxylic acids is 3. The Morgan fingerprint density at radius 2 is 1.71 bits per heavy atom. The summed E-state index contributed by atoms with van der Waals surface area (Å²) >= 11 is 0. The summed E-state index contributed by atoms with van der Waals surface area (Å²) in [6.45, 7) is 2.32. The van der Waals surface area contributed by atoms with E-state index >= 15 is 0 Å². The Balaban J connectivity index is 1.35. The van der Waals surface area contributed by atoms with Gasteiger partial charge in [-0.15, -0.1) is 0 Å². The molecule has 1 aromatic rings. The minimum Gasteiger partial charge on any atom is -0.378 e. The summed E-state index contributed by atoms with van der Waals surface area (Å²) in [5, 5.41) is 0. The maximum Gasteiger partial charge on any atom is 0.246 e. The van der Waals surface area contributed by atoms with Crippen LogP contribution in [0.2, 0.25) is 0 Å². The average molecular weight is 378 g/mol. The summed E-state index contributed by atoms with van der Waals surface area (Å²) in [6, 6.07) is 7.27. The summed E-state index contributed by atoms with van der Waals surface area (Å²) in [4.78, 5) is 41.3. The van der Waals surface area contributed by atoms with Crippen LogP contribution in [-0.4, -0.2) is 48.9 Å². The lowest BCUT2D eigenvalue weighted by Gasteiger charge is -2.25. The standard InChI is InChI=1S/C22H22N2O4/c25-18(23-8-10-28-11-9-23)7-4-14-2-1-3-17(12-14)24-21(26)19-15-5-6-16(13-15)20(19)22(24)27/h1-7,12,15-16,19-20H,8-11,13H2. The molecule has 2 saturated heterocycles. The lowest BCUT2D eigenvalue weighted by Crippen LogP contribution is -2.39. The molecule has 0 spiro atoms. The first-order valence-corrected chi connectivity index (χ1v) is 9.84. The SMILES string of the molecule is O=C(C=Cc1cccc(N2C(=O)C3C4C=CC(C4)C3C2=O)c1)N1CCOCC1. The molecule has 6 heteroatoms. The van der Waals surface area contributed by atoms with Crippen LogP contribution in [0.4, 0.5) is 5.69 Å². The van der Waals surface area contributed by atoms with E-state index in [1.54, 1.807) is 23.1 Å². The highest BCUT2D eigenvalue weighted by Crippen LogP contribution is 2.53. The largest absolute Gasteiger partial charge is 0.378 e. The molecule has 2 bridgehead atoms. The van der Waals surface area contributed by atoms with Gasteiger partial charge >= 0.3 is 0 Å². The monoisotopic (exact) mass is 378 g/mol. The average Bonchev–Trinajstić information content (AvgIpc) is 3.41. The number of allylic oxidation sites excluding steroid dienone is 2. The van der Waals surface area contributed by atoms with Crippen LogP contribution in [0.5, 0.6) is 0 Å². The Morgan fingerprint density at radius 3 is 2.39 bits per heavy atom. The van der Waals surface area contributed by atoms with Gasteiger partial charge in [0.2, 0.25) is 17.7 Å². The summed E-state index contributed by atoms with van der Waals surface area (Å²) in [5.41, 5.74) is 1.38. The zero-order valence-corrected chi connectivity index (χ0v) is 15.5. The van der Waals surface area contributed by atoms with Crippen LogP contribution >= 0.6 is 0 Å². The molecule has 2 heterocycles. The zero-order valence-electron chi connectivity index (χ0n) is 15.5. The molecule has 0 radical (unpaired) electrons. The molecule has 3 amide bonds. The van der Waals surface area contributed by atoms with E-state index in [0.29, 0.717) is 32.0 Å². The van der Waals surface area contributed by atoms with Crippen molar-refractivity contribution in [1.29, 1.82) is 0 Å². The number of amides is 3. The van der Waals surface area contributed by atoms with Crippen LogP contribution in [0.3, 0.4) is 0 Å². The first-order valence-electron chi connectivity index (χ1n) is 9.84. The number of fused-ring (bicyclic) bond motifs is 5. The quantitative estimate of drug-likeness (QED) is 0.458. The van der Waals surface area contributed by atoms with Gasteiger partial charge in [-0.3, -0.25) is 14.4 Å². The Hall–Kier alpha value is -2.73. The molecular weight excluding hydrogens is 356 g/mol. The van der Waals surface area contributed by atoms with Gasteiger partial charge < -0.3 is 9.64 Å². The highest BCUT2D eigenvalue weighted by Gasteiger charge is 2.59. The maximum absolute atomic E-state index is 13.0. The molecule has 144 valence electrons. The van der Waals surface area contributed by atoms with Crippen molar-refractivity contribution in [3.63, 3.8) is 0 Å². The fraction of sp³-hybridized carbons (Fsp3) is 0.409. The van der Waals surface area contributed by atoms with E-state index in [1.165, 1.54) is 11.0 Å². The van der Waals surface area contributed by atoms with Gasteiger partial charge in [-0.2, -0.15) is 0 Å². The van der Waals surface area contributed by atoms with Crippen molar-refractivity contribution in [2.75, 3.05) is 31.2 Å². The first-order chi connectivity index (χ1) is 13.6. The van der Waals surface area contributed by atoms with Gasteiger partial charge in [0.15, 0.2) is 0 Å². The highest BCUT2D eigenvalue weighted by molar-refractivity contribution is 6.22. The second kappa shape index (κ2) is 6.71. The molecule has 6 nitrogen and oxygen atoms in total. The number of morpholine rings is 1. The number of rotatable bonds is 3. The van der Waals surface area contributed by atoms with E-state index in [4.69, 9.17) is 4.74 Å². The fourth-order valence-electron chi connectivity index (χ4n) is 4.98. The van der Waals surface area contributed by atoms with E-state index in [2.05, 4.69) is 12.2 Å². The Labute approximate surface area is 163 Å². The molecule has 0 aromatic heterocycles. The lowest BCUT2D eigenvalue weighted by atomic mass is 9.85. The number of hydrogen-bond donors (Lipinski definition) is 0. The third kappa shape index (κ3) is 2.71. The topological polar surface area (TPSA) is 66.9 Å². The molecule has 1 aromatic carbocycles. The summed E-state index contributed by atoms with van der Waals surface area (Å²) in [7, 11) is 0. The van der Waals surface area contributed by atoms with Crippen molar-refractivity contribution in [2.45, 2.75) is 6.42 Å². The predicted molar refractivity (Wildman–Crippen MR) is 103 cm³/mol. The minimum absolute atomic E-state index is 0.0563. The fourth-order valence-corrected chi connectivity index (χ4v) is 4.98. The van der Waals surface area contributed by atoms with Gasteiger partial charge in [-0.25, -0.2) is 4.90 Å². The second-order valence-corrected chi connectivity index (χ2v) is 7.88. The van der Waals surface area contributed by atoms with Crippen molar-refractivity contribution in [3.8, 4) is 0 Å². The predicted octanol–water partition coefficient (Wildman–Crippen LogP) is 1.87. The van der Waals surface area contributed by atoms with Gasteiger partial charge in [0, 0.05) is 19.2 Å². The molecule has 0 N–H and O–H groups in total. The van der Waals surface area contributed by atoms with Crippen LogP contribution < -0.4 is 4.90 Å². The number of ether oxygens (including phenoxy) is 1. The molecule has 3 fully saturated rings. The smallest absolute Gasteiger partial charge is 0.246 e. The van der Waals surface area contributed by atoms with Crippen molar-refractivity contribution in [2.24, 2.45) is 23.7 Å². The molecule has 4 atom stereocenters. The van der Waals surface area contributed by atoms with Crippen LogP contribution in [-0.2, 0) is 19.1 Å². The van der Waals surface area contributed by atoms with E-state index in [0.717, 1.165) is 12.0 Å². The van der Waals surface area contributed by atoms with E-state index in [9.17, 15) is 14.4 Å². The minimum atomic E-state index is -0.204. The molecule has 5 rings (SSSR count). The normalized spacial score (nSPS) is 31.3. The third-order valence-electron chi connectivity index (χ3n) is 6.34. The molecule has 4 aliphatic rings. The molecule has 2 aliphatic heterocycles. The van der Waals surface area contributed by atoms with Crippen LogP contribution in [0.25, 0.3) is 6.08 Å². The summed E-state index contributed by atoms with van der Waals surface area (Å²) in [5.74, 6) is -0.237. The molecule has 1 saturated carbocycles. The Kier molecular flexibility index (Phi) is 4.16. The number of benzene rings is 1. The molecule has 4 unspecified atom stereocenters. The van der Waals surface area contributed by atoms with Gasteiger partial charge in [0.1, 0.15) is 0 Å². The van der Waals surface area contributed by atoms with E-state index in [-0.39, 0.29) is 41.4 Å². The number of nitrogens with zero attached hydrogens (tertiary/aromatic N) is 2. The van der Waals surface area contributed by atoms with Crippen molar-refractivity contribution >= 4 is 29.5 Å². The van der Waals surface area contributed by atoms with Crippen LogP contribution in [0.1, 0.15) is 12.0 Å². The van der Waals surface area contributed by atoms with Gasteiger partial charge in [0.25, 0.3) is 0 Å². The maximum atomic E-state index is 13.0. The van der Waals surface area contributed by atoms with E-state index in [1.807, 2.05) is 12.1 Å². The number of carbonyl (C=O) groups is 3. The van der Waals surface area contributed by atoms with Crippen molar-refractivity contribution in [3.05, 3.63) is 48.1 Å². The molecule has 2 aliphatic carbocycles. The number of anilines is 1. The third-order valence-corrected chi connectivity index (χ3v) is 6.34. The summed E-state index contributed by atoms with van der Waals surface area (Å²) < 4.78 is 5.26. The van der Waals surface area contributed by atoms with Crippen molar-refractivity contribution < 1.29 is 19.1 Å². The molecular formula is C22H22N2O4. The number of hydrogen-bond acceptors (Lipinski definition) is 4. The van der Waals surface area contributed by atoms with E-state index < -0.39 is 0 Å². The zero-order chi connectivity index (χ0) is 19.3. The molecule has 28 heavy (non-hydrogen) atoms. The van der Waals surface area contributed by atoms with Crippen molar-refractivity contribution in [1.82, 2.24) is 4.90 Å². The van der Waals surface area contributed by atoms with Gasteiger partial charge in [-0.05, 0) is 42.0 Å². The van der Waals surface area contributed by atoms with Gasteiger partial charge in [-0.1, -0.05) is 24.3 Å².